The van der Waals surface area contributed by atoms with Crippen molar-refractivity contribution >= 4 is 5.91 Å². The van der Waals surface area contributed by atoms with Crippen LogP contribution < -0.4 is 0 Å². The number of benzene rings is 1. The maximum absolute atomic E-state index is 13.1. The molecule has 0 unspecified atom stereocenters. The zero-order chi connectivity index (χ0) is 20.6. The van der Waals surface area contributed by atoms with Crippen molar-refractivity contribution in [3.63, 3.8) is 0 Å². The van der Waals surface area contributed by atoms with E-state index in [9.17, 15) is 4.79 Å². The van der Waals surface area contributed by atoms with Gasteiger partial charge in [0.25, 0.3) is 0 Å². The van der Waals surface area contributed by atoms with E-state index in [4.69, 9.17) is 0 Å². The van der Waals surface area contributed by atoms with Gasteiger partial charge >= 0.3 is 0 Å². The lowest BCUT2D eigenvalue weighted by molar-refractivity contribution is -0.133. The van der Waals surface area contributed by atoms with Gasteiger partial charge in [-0.1, -0.05) is 71.4 Å². The van der Waals surface area contributed by atoms with E-state index in [1.807, 2.05) is 6.07 Å². The molecule has 1 heterocycles. The van der Waals surface area contributed by atoms with E-state index in [1.165, 1.54) is 11.3 Å². The second-order valence-corrected chi connectivity index (χ2v) is 9.36. The minimum atomic E-state index is 0.262. The molecule has 0 N–H and O–H groups in total. The van der Waals surface area contributed by atoms with Crippen LogP contribution in [0.25, 0.3) is 0 Å². The van der Waals surface area contributed by atoms with Crippen LogP contribution >= 0.6 is 0 Å². The number of amides is 1. The second kappa shape index (κ2) is 10.5. The molecule has 0 saturated heterocycles. The SMILES string of the molecule is CCCCN(Cc1cccn1Cc1ccccc1)C(=O)C[C@@H](C)CC(C)(C)C. The summed E-state index contributed by atoms with van der Waals surface area (Å²) in [6.45, 7) is 13.5. The highest BCUT2D eigenvalue weighted by Gasteiger charge is 2.21. The number of aromatic nitrogens is 1. The zero-order valence-electron chi connectivity index (χ0n) is 18.4. The largest absolute Gasteiger partial charge is 0.345 e. The first-order chi connectivity index (χ1) is 13.3. The van der Waals surface area contributed by atoms with E-state index < -0.39 is 0 Å². The first-order valence-corrected chi connectivity index (χ1v) is 10.7. The molecule has 0 aliphatic rings. The molecule has 0 fully saturated rings. The molecule has 3 nitrogen and oxygen atoms in total. The van der Waals surface area contributed by atoms with Crippen LogP contribution in [0.1, 0.15) is 71.6 Å². The molecule has 154 valence electrons. The van der Waals surface area contributed by atoms with E-state index >= 15 is 0 Å². The summed E-state index contributed by atoms with van der Waals surface area (Å²) in [4.78, 5) is 15.1. The summed E-state index contributed by atoms with van der Waals surface area (Å²) in [6, 6.07) is 14.7. The maximum atomic E-state index is 13.1. The first-order valence-electron chi connectivity index (χ1n) is 10.7. The van der Waals surface area contributed by atoms with Gasteiger partial charge in [0.15, 0.2) is 0 Å². The molecule has 1 atom stereocenters. The van der Waals surface area contributed by atoms with Crippen LogP contribution in [0.3, 0.4) is 0 Å². The van der Waals surface area contributed by atoms with Crippen molar-refractivity contribution in [3.05, 3.63) is 59.9 Å². The average molecular weight is 383 g/mol. The third-order valence-electron chi connectivity index (χ3n) is 5.09. The van der Waals surface area contributed by atoms with Gasteiger partial charge in [0.1, 0.15) is 0 Å². The van der Waals surface area contributed by atoms with Crippen LogP contribution in [-0.4, -0.2) is 21.9 Å². The molecule has 0 bridgehead atoms. The number of unbranched alkanes of at least 4 members (excludes halogenated alkanes) is 1. The number of rotatable bonds is 10. The molecule has 3 heteroatoms. The molecule has 2 rings (SSSR count). The van der Waals surface area contributed by atoms with Gasteiger partial charge in [0.05, 0.1) is 6.54 Å². The van der Waals surface area contributed by atoms with Crippen LogP contribution in [-0.2, 0) is 17.9 Å². The van der Waals surface area contributed by atoms with Crippen molar-refractivity contribution < 1.29 is 4.79 Å². The van der Waals surface area contributed by atoms with E-state index in [0.29, 0.717) is 18.9 Å². The number of carbonyl (C=O) groups excluding carboxylic acids is 1. The Morgan fingerprint density at radius 3 is 2.46 bits per heavy atom. The molecular formula is C25H38N2O. The molecule has 1 aromatic heterocycles. The quantitative estimate of drug-likeness (QED) is 0.485. The number of hydrogen-bond acceptors (Lipinski definition) is 1. The van der Waals surface area contributed by atoms with Gasteiger partial charge in [-0.2, -0.15) is 0 Å². The van der Waals surface area contributed by atoms with Crippen molar-refractivity contribution in [2.45, 2.75) is 73.4 Å². The molecular weight excluding hydrogens is 344 g/mol. The van der Waals surface area contributed by atoms with E-state index in [1.54, 1.807) is 0 Å². The minimum Gasteiger partial charge on any atom is -0.345 e. The molecule has 0 saturated carbocycles. The van der Waals surface area contributed by atoms with Crippen LogP contribution in [0.2, 0.25) is 0 Å². The molecule has 2 aromatic rings. The summed E-state index contributed by atoms with van der Waals surface area (Å²) < 4.78 is 2.26. The highest BCUT2D eigenvalue weighted by Crippen LogP contribution is 2.26. The van der Waals surface area contributed by atoms with Gasteiger partial charge in [-0.3, -0.25) is 4.79 Å². The maximum Gasteiger partial charge on any atom is 0.223 e. The van der Waals surface area contributed by atoms with Crippen molar-refractivity contribution in [1.29, 1.82) is 0 Å². The van der Waals surface area contributed by atoms with Gasteiger partial charge < -0.3 is 9.47 Å². The normalized spacial score (nSPS) is 12.8. The summed E-state index contributed by atoms with van der Waals surface area (Å²) in [5.41, 5.74) is 2.75. The fourth-order valence-electron chi connectivity index (χ4n) is 3.91. The Bertz CT molecular complexity index is 712. The lowest BCUT2D eigenvalue weighted by Gasteiger charge is -2.27. The Labute approximate surface area is 171 Å². The second-order valence-electron chi connectivity index (χ2n) is 9.36. The molecule has 0 radical (unpaired) electrons. The monoisotopic (exact) mass is 382 g/mol. The van der Waals surface area contributed by atoms with Crippen molar-refractivity contribution in [1.82, 2.24) is 9.47 Å². The Kier molecular flexibility index (Phi) is 8.35. The molecule has 0 aliphatic heterocycles. The van der Waals surface area contributed by atoms with Crippen LogP contribution in [0, 0.1) is 11.3 Å². The van der Waals surface area contributed by atoms with Gasteiger partial charge in [-0.15, -0.1) is 0 Å². The predicted octanol–water partition coefficient (Wildman–Crippen LogP) is 6.13. The highest BCUT2D eigenvalue weighted by molar-refractivity contribution is 5.76. The highest BCUT2D eigenvalue weighted by atomic mass is 16.2. The fraction of sp³-hybridized carbons (Fsp3) is 0.560. The number of nitrogens with zero attached hydrogens (tertiary/aromatic N) is 2. The fourth-order valence-corrected chi connectivity index (χ4v) is 3.91. The van der Waals surface area contributed by atoms with E-state index in [0.717, 1.165) is 32.4 Å². The minimum absolute atomic E-state index is 0.262. The van der Waals surface area contributed by atoms with Crippen LogP contribution in [0.15, 0.2) is 48.7 Å². The number of hydrogen-bond donors (Lipinski definition) is 0. The van der Waals surface area contributed by atoms with Crippen LogP contribution in [0.5, 0.6) is 0 Å². The molecule has 0 spiro atoms. The lowest BCUT2D eigenvalue weighted by atomic mass is 9.84. The van der Waals surface area contributed by atoms with Gasteiger partial charge in [-0.25, -0.2) is 0 Å². The Hall–Kier alpha value is -2.03. The molecule has 0 aliphatic carbocycles. The van der Waals surface area contributed by atoms with Crippen molar-refractivity contribution in [3.8, 4) is 0 Å². The Morgan fingerprint density at radius 1 is 1.11 bits per heavy atom. The zero-order valence-corrected chi connectivity index (χ0v) is 18.4. The summed E-state index contributed by atoms with van der Waals surface area (Å²) in [5.74, 6) is 0.699. The van der Waals surface area contributed by atoms with Gasteiger partial charge in [-0.05, 0) is 41.9 Å². The summed E-state index contributed by atoms with van der Waals surface area (Å²) in [5, 5.41) is 0. The summed E-state index contributed by atoms with van der Waals surface area (Å²) in [6.07, 6.45) is 5.99. The first kappa shape index (κ1) is 22.3. The summed E-state index contributed by atoms with van der Waals surface area (Å²) >= 11 is 0. The van der Waals surface area contributed by atoms with Gasteiger partial charge in [0, 0.05) is 31.4 Å². The molecule has 1 aromatic carbocycles. The number of carbonyl (C=O) groups is 1. The molecule has 1 amide bonds. The van der Waals surface area contributed by atoms with E-state index in [2.05, 4.69) is 86.7 Å². The Morgan fingerprint density at radius 2 is 1.82 bits per heavy atom. The Balaban J connectivity index is 2.05. The summed E-state index contributed by atoms with van der Waals surface area (Å²) in [7, 11) is 0. The van der Waals surface area contributed by atoms with Gasteiger partial charge in [0.2, 0.25) is 5.91 Å². The standard InChI is InChI=1S/C25H38N2O/c1-6-7-15-27(24(28)17-21(2)18-25(3,4)5)20-23-14-11-16-26(23)19-22-12-9-8-10-13-22/h8-14,16,21H,6-7,15,17-20H2,1-5H3/t21-/m1/s1. The third kappa shape index (κ3) is 7.53. The van der Waals surface area contributed by atoms with Crippen molar-refractivity contribution in [2.24, 2.45) is 11.3 Å². The average Bonchev–Trinajstić information content (AvgIpc) is 3.04. The van der Waals surface area contributed by atoms with Crippen molar-refractivity contribution in [2.75, 3.05) is 6.54 Å². The van der Waals surface area contributed by atoms with Crippen LogP contribution in [0.4, 0.5) is 0 Å². The topological polar surface area (TPSA) is 25.2 Å². The lowest BCUT2D eigenvalue weighted by Crippen LogP contribution is -2.33. The molecule has 28 heavy (non-hydrogen) atoms. The smallest absolute Gasteiger partial charge is 0.223 e. The van der Waals surface area contributed by atoms with E-state index in [-0.39, 0.29) is 11.3 Å². The third-order valence-corrected chi connectivity index (χ3v) is 5.09. The predicted molar refractivity (Wildman–Crippen MR) is 118 cm³/mol.